The van der Waals surface area contributed by atoms with Gasteiger partial charge in [0.15, 0.2) is 0 Å². The van der Waals surface area contributed by atoms with Crippen LogP contribution in [-0.4, -0.2) is 29.7 Å². The van der Waals surface area contributed by atoms with Gasteiger partial charge in [0.1, 0.15) is 11.3 Å². The van der Waals surface area contributed by atoms with E-state index in [-0.39, 0.29) is 23.7 Å². The van der Waals surface area contributed by atoms with Crippen molar-refractivity contribution in [1.82, 2.24) is 10.2 Å². The van der Waals surface area contributed by atoms with Gasteiger partial charge in [-0.15, -0.1) is 0 Å². The first-order chi connectivity index (χ1) is 19.1. The van der Waals surface area contributed by atoms with Gasteiger partial charge in [0.2, 0.25) is 0 Å². The van der Waals surface area contributed by atoms with Crippen molar-refractivity contribution >= 4 is 17.4 Å². The van der Waals surface area contributed by atoms with Crippen LogP contribution in [0, 0.1) is 5.41 Å². The summed E-state index contributed by atoms with van der Waals surface area (Å²) in [5.41, 5.74) is 2.78. The summed E-state index contributed by atoms with van der Waals surface area (Å²) in [5, 5.41) is 7.01. The van der Waals surface area contributed by atoms with Crippen LogP contribution < -0.4 is 10.6 Å². The van der Waals surface area contributed by atoms with Gasteiger partial charge in [0, 0.05) is 49.3 Å². The molecule has 3 aliphatic heterocycles. The molecular formula is C34H31N3O2. The molecule has 5 nitrogen and oxygen atoms in total. The number of anilines is 1. The third-order valence-corrected chi connectivity index (χ3v) is 9.02. The van der Waals surface area contributed by atoms with E-state index in [0.717, 1.165) is 28.9 Å². The first-order valence-corrected chi connectivity index (χ1v) is 13.7. The molecule has 1 amide bonds. The predicted octanol–water partition coefficient (Wildman–Crippen LogP) is 5.42. The Kier molecular flexibility index (Phi) is 5.72. The van der Waals surface area contributed by atoms with Crippen LogP contribution in [0.2, 0.25) is 0 Å². The van der Waals surface area contributed by atoms with Crippen LogP contribution in [0.5, 0.6) is 0 Å². The number of nitrogens with one attached hydrogen (secondary N) is 2. The maximum absolute atomic E-state index is 14.6. The lowest BCUT2D eigenvalue weighted by atomic mass is 9.56. The summed E-state index contributed by atoms with van der Waals surface area (Å²) in [4.78, 5) is 31.4. The molecule has 0 aliphatic carbocycles. The Morgan fingerprint density at radius 2 is 1.36 bits per heavy atom. The molecule has 2 saturated heterocycles. The van der Waals surface area contributed by atoms with Crippen molar-refractivity contribution in [1.29, 1.82) is 0 Å². The minimum Gasteiger partial charge on any atom is -0.324 e. The van der Waals surface area contributed by atoms with Crippen molar-refractivity contribution in [3.05, 3.63) is 138 Å². The van der Waals surface area contributed by atoms with Crippen LogP contribution in [0.3, 0.4) is 0 Å². The summed E-state index contributed by atoms with van der Waals surface area (Å²) in [6.07, 6.45) is 0.399. The maximum Gasteiger partial charge on any atom is 0.250 e. The second-order valence-electron chi connectivity index (χ2n) is 11.0. The highest BCUT2D eigenvalue weighted by Crippen LogP contribution is 2.65. The number of carbonyl (C=O) groups is 2. The number of para-hydroxylation sites is 1. The standard InChI is InChI=1S/C34H31N3O2/c38-29-20-21-37(22-24-12-4-1-5-13-24)23-33(29)30(25-14-6-2-7-15-25)31(26-16-8-3-9-17-26)36-34(33)27-18-10-11-19-28(27)35-32(34)39/h1-19,30-31,36H,20-23H2,(H,35,39). The fourth-order valence-electron chi connectivity index (χ4n) is 7.46. The predicted molar refractivity (Wildman–Crippen MR) is 152 cm³/mol. The fraction of sp³-hybridized carbons (Fsp3) is 0.235. The van der Waals surface area contributed by atoms with Crippen LogP contribution >= 0.6 is 0 Å². The zero-order chi connectivity index (χ0) is 26.5. The number of fused-ring (bicyclic) bond motifs is 3. The molecule has 4 aromatic rings. The average molecular weight is 514 g/mol. The molecule has 0 saturated carbocycles. The van der Waals surface area contributed by atoms with E-state index < -0.39 is 11.0 Å². The topological polar surface area (TPSA) is 61.4 Å². The Balaban J connectivity index is 1.48. The molecule has 3 heterocycles. The molecule has 39 heavy (non-hydrogen) atoms. The average Bonchev–Trinajstić information content (AvgIpc) is 3.45. The quantitative estimate of drug-likeness (QED) is 0.382. The lowest BCUT2D eigenvalue weighted by molar-refractivity contribution is -0.146. The first kappa shape index (κ1) is 24.0. The molecule has 4 atom stereocenters. The van der Waals surface area contributed by atoms with E-state index in [2.05, 4.69) is 64.1 Å². The van der Waals surface area contributed by atoms with Gasteiger partial charge < -0.3 is 5.32 Å². The van der Waals surface area contributed by atoms with Crippen molar-refractivity contribution in [3.63, 3.8) is 0 Å². The highest BCUT2D eigenvalue weighted by Gasteiger charge is 2.74. The maximum atomic E-state index is 14.6. The normalized spacial score (nSPS) is 28.1. The zero-order valence-electron chi connectivity index (χ0n) is 21.7. The van der Waals surface area contributed by atoms with Crippen LogP contribution in [0.25, 0.3) is 0 Å². The van der Waals surface area contributed by atoms with Gasteiger partial charge >= 0.3 is 0 Å². The molecular weight excluding hydrogens is 482 g/mol. The Labute approximate surface area is 228 Å². The van der Waals surface area contributed by atoms with Crippen molar-refractivity contribution in [2.45, 2.75) is 30.5 Å². The minimum atomic E-state index is -1.20. The molecule has 5 heteroatoms. The lowest BCUT2D eigenvalue weighted by Crippen LogP contribution is -2.64. The van der Waals surface area contributed by atoms with Crippen LogP contribution in [0.4, 0.5) is 5.69 Å². The summed E-state index contributed by atoms with van der Waals surface area (Å²) in [6, 6.07) is 38.6. The highest BCUT2D eigenvalue weighted by molar-refractivity contribution is 6.11. The third kappa shape index (κ3) is 3.54. The number of amides is 1. The van der Waals surface area contributed by atoms with Crippen LogP contribution in [0.1, 0.15) is 40.6 Å². The summed E-state index contributed by atoms with van der Waals surface area (Å²) < 4.78 is 0. The minimum absolute atomic E-state index is 0.141. The Morgan fingerprint density at radius 1 is 0.744 bits per heavy atom. The van der Waals surface area contributed by atoms with Gasteiger partial charge in [-0.05, 0) is 22.8 Å². The number of Topliss-reactive ketones (excluding diaryl/α,β-unsaturated/α-hetero) is 1. The first-order valence-electron chi connectivity index (χ1n) is 13.7. The summed E-state index contributed by atoms with van der Waals surface area (Å²) in [7, 11) is 0. The van der Waals surface area contributed by atoms with Crippen molar-refractivity contribution in [2.75, 3.05) is 18.4 Å². The zero-order valence-corrected chi connectivity index (χ0v) is 21.7. The molecule has 4 unspecified atom stereocenters. The molecule has 3 aliphatic rings. The van der Waals surface area contributed by atoms with Gasteiger partial charge in [0.25, 0.3) is 5.91 Å². The number of hydrogen-bond donors (Lipinski definition) is 2. The molecule has 2 fully saturated rings. The number of likely N-dealkylation sites (tertiary alicyclic amines) is 1. The van der Waals surface area contributed by atoms with Gasteiger partial charge in [-0.1, -0.05) is 109 Å². The van der Waals surface area contributed by atoms with E-state index in [1.807, 2.05) is 66.7 Å². The molecule has 2 spiro atoms. The summed E-state index contributed by atoms with van der Waals surface area (Å²) >= 11 is 0. The second-order valence-corrected chi connectivity index (χ2v) is 11.0. The fourth-order valence-corrected chi connectivity index (χ4v) is 7.46. The van der Waals surface area contributed by atoms with E-state index >= 15 is 0 Å². The van der Waals surface area contributed by atoms with E-state index in [1.165, 1.54) is 5.56 Å². The molecule has 4 aromatic carbocycles. The van der Waals surface area contributed by atoms with Gasteiger partial charge in [0.05, 0.1) is 5.41 Å². The molecule has 7 rings (SSSR count). The Hall–Kier alpha value is -4.06. The Morgan fingerprint density at radius 3 is 2.08 bits per heavy atom. The van der Waals surface area contributed by atoms with E-state index in [0.29, 0.717) is 19.5 Å². The van der Waals surface area contributed by atoms with Crippen LogP contribution in [-0.2, 0) is 21.7 Å². The molecule has 0 radical (unpaired) electrons. The van der Waals surface area contributed by atoms with Crippen molar-refractivity contribution < 1.29 is 9.59 Å². The summed E-state index contributed by atoms with van der Waals surface area (Å²) in [6.45, 7) is 1.89. The molecule has 2 N–H and O–H groups in total. The van der Waals surface area contributed by atoms with E-state index in [1.54, 1.807) is 0 Å². The number of carbonyl (C=O) groups excluding carboxylic acids is 2. The lowest BCUT2D eigenvalue weighted by Gasteiger charge is -2.49. The van der Waals surface area contributed by atoms with Crippen molar-refractivity contribution in [2.24, 2.45) is 5.41 Å². The number of benzene rings is 4. The second kappa shape index (κ2) is 9.30. The largest absolute Gasteiger partial charge is 0.324 e. The molecule has 0 aromatic heterocycles. The number of ketones is 1. The third-order valence-electron chi connectivity index (χ3n) is 9.02. The Bertz CT molecular complexity index is 1520. The number of rotatable bonds is 4. The SMILES string of the molecule is O=C1Nc2ccccc2C12NC(c1ccccc1)C(c1ccccc1)C21CN(Cc2ccccc2)CCC1=O. The molecule has 0 bridgehead atoms. The monoisotopic (exact) mass is 513 g/mol. The number of nitrogens with zero attached hydrogens (tertiary/aromatic N) is 1. The number of piperidine rings is 1. The highest BCUT2D eigenvalue weighted by atomic mass is 16.2. The molecule has 194 valence electrons. The van der Waals surface area contributed by atoms with Crippen LogP contribution in [0.15, 0.2) is 115 Å². The van der Waals surface area contributed by atoms with Crippen molar-refractivity contribution in [3.8, 4) is 0 Å². The van der Waals surface area contributed by atoms with Gasteiger partial charge in [-0.3, -0.25) is 19.8 Å². The number of hydrogen-bond acceptors (Lipinski definition) is 4. The van der Waals surface area contributed by atoms with E-state index in [9.17, 15) is 9.59 Å². The smallest absolute Gasteiger partial charge is 0.250 e. The van der Waals surface area contributed by atoms with Gasteiger partial charge in [-0.25, -0.2) is 0 Å². The van der Waals surface area contributed by atoms with Gasteiger partial charge in [-0.2, -0.15) is 0 Å². The van der Waals surface area contributed by atoms with E-state index in [4.69, 9.17) is 0 Å². The summed E-state index contributed by atoms with van der Waals surface area (Å²) in [5.74, 6) is -0.236.